The normalized spacial score (nSPS) is 17.6. The lowest BCUT2D eigenvalue weighted by molar-refractivity contribution is -0.153. The number of carbonyl (C=O) groups is 5. The highest BCUT2D eigenvalue weighted by Crippen LogP contribution is 2.30. The molecule has 0 aliphatic carbocycles. The molecule has 5 amide bonds. The van der Waals surface area contributed by atoms with Gasteiger partial charge in [-0.2, -0.15) is 0 Å². The van der Waals surface area contributed by atoms with E-state index in [0.29, 0.717) is 16.5 Å². The minimum absolute atomic E-state index is 0.00295. The van der Waals surface area contributed by atoms with E-state index < -0.39 is 60.4 Å². The van der Waals surface area contributed by atoms with Gasteiger partial charge in [-0.05, 0) is 30.2 Å². The molecule has 0 radical (unpaired) electrons. The van der Waals surface area contributed by atoms with Crippen LogP contribution in [0.15, 0.2) is 36.4 Å². The topological polar surface area (TPSA) is 212 Å². The average molecular weight is 557 g/mol. The summed E-state index contributed by atoms with van der Waals surface area (Å²) in [5.74, 6) is -7.17. The quantitative estimate of drug-likeness (QED) is 0.176. The molecule has 1 saturated heterocycles. The molecule has 0 aromatic heterocycles. The molecule has 14 nitrogen and oxygen atoms in total. The first kappa shape index (κ1) is 28.3. The first-order valence-corrected chi connectivity index (χ1v) is 12.1. The number of aromatic carboxylic acids is 1. The fourth-order valence-corrected chi connectivity index (χ4v) is 4.46. The number of urea groups is 1. The second-order valence-corrected chi connectivity index (χ2v) is 9.05. The van der Waals surface area contributed by atoms with Crippen LogP contribution in [-0.2, 0) is 20.8 Å². The van der Waals surface area contributed by atoms with Crippen LogP contribution in [0.3, 0.4) is 0 Å². The van der Waals surface area contributed by atoms with Gasteiger partial charge in [-0.3, -0.25) is 19.3 Å². The van der Waals surface area contributed by atoms with Gasteiger partial charge in [0.25, 0.3) is 0 Å². The molecule has 1 fully saturated rings. The molecule has 210 valence electrons. The zero-order valence-corrected chi connectivity index (χ0v) is 20.9. The number of carbonyl (C=O) groups excluding carboxylic acids is 4. The molecule has 2 atom stereocenters. The zero-order valence-electron chi connectivity index (χ0n) is 20.9. The van der Waals surface area contributed by atoms with Crippen LogP contribution in [0.2, 0.25) is 0 Å². The van der Waals surface area contributed by atoms with Crippen LogP contribution < -0.4 is 21.0 Å². The van der Waals surface area contributed by atoms with Crippen molar-refractivity contribution in [1.82, 2.24) is 20.4 Å². The lowest BCUT2D eigenvalue weighted by Crippen LogP contribution is -2.60. The predicted molar refractivity (Wildman–Crippen MR) is 134 cm³/mol. The van der Waals surface area contributed by atoms with Crippen molar-refractivity contribution in [1.29, 1.82) is 0 Å². The van der Waals surface area contributed by atoms with Crippen LogP contribution in [0, 0.1) is 5.82 Å². The van der Waals surface area contributed by atoms with E-state index in [1.165, 1.54) is 17.0 Å². The lowest BCUT2D eigenvalue weighted by atomic mass is 9.72. The molecule has 2 aromatic carbocycles. The maximum Gasteiger partial charge on any atom is 0.547 e. The third-order valence-electron chi connectivity index (χ3n) is 6.46. The molecule has 4 rings (SSSR count). The van der Waals surface area contributed by atoms with Crippen LogP contribution in [-0.4, -0.2) is 94.0 Å². The summed E-state index contributed by atoms with van der Waals surface area (Å²) in [6.07, 6.45) is -0.0713. The molecular formula is C24H25BFN5O9. The van der Waals surface area contributed by atoms with Crippen LogP contribution in [0.5, 0.6) is 11.5 Å². The van der Waals surface area contributed by atoms with Gasteiger partial charge in [0, 0.05) is 37.8 Å². The highest BCUT2D eigenvalue weighted by molar-refractivity contribution is 6.47. The van der Waals surface area contributed by atoms with Gasteiger partial charge in [-0.25, -0.2) is 14.0 Å². The van der Waals surface area contributed by atoms with Gasteiger partial charge in [0.2, 0.25) is 5.91 Å². The standard InChI is InChI=1S/C24H25BFN5O9/c26-16-11-13(32)4-5-14(16)18(29-24(38)31-9-8-30(7-6-27)21(34)22(31)35)20(33)28-17-10-12-2-1-3-15(23(36)37)19(12)40-25(17)39/h1-5,11,17-18,32,39H,6-10,27H2,(H,28,33)(H,29,38)(H,36,37). The number of hydrogen-bond donors (Lipinski definition) is 6. The van der Waals surface area contributed by atoms with Gasteiger partial charge >= 0.3 is 30.9 Å². The maximum atomic E-state index is 14.8. The van der Waals surface area contributed by atoms with E-state index in [1.807, 2.05) is 0 Å². The number of nitrogens with one attached hydrogen (secondary N) is 2. The Kier molecular flexibility index (Phi) is 8.20. The predicted octanol–water partition coefficient (Wildman–Crippen LogP) is -1.25. The van der Waals surface area contributed by atoms with Crippen molar-refractivity contribution in [3.8, 4) is 11.5 Å². The van der Waals surface area contributed by atoms with Crippen molar-refractivity contribution < 1.29 is 48.3 Å². The smallest absolute Gasteiger partial charge is 0.534 e. The largest absolute Gasteiger partial charge is 0.547 e. The van der Waals surface area contributed by atoms with Crippen LogP contribution in [0.1, 0.15) is 27.5 Å². The Bertz CT molecular complexity index is 1380. The number of para-hydroxylation sites is 1. The summed E-state index contributed by atoms with van der Waals surface area (Å²) in [5, 5.41) is 34.2. The van der Waals surface area contributed by atoms with E-state index >= 15 is 0 Å². The number of imide groups is 1. The van der Waals surface area contributed by atoms with E-state index in [0.717, 1.165) is 12.1 Å². The minimum atomic E-state index is -1.78. The van der Waals surface area contributed by atoms with Crippen LogP contribution >= 0.6 is 0 Å². The number of rotatable bonds is 7. The van der Waals surface area contributed by atoms with E-state index in [-0.39, 0.29) is 49.5 Å². The number of aromatic hydroxyl groups is 1. The summed E-state index contributed by atoms with van der Waals surface area (Å²) in [6, 6.07) is 4.18. The number of carboxylic acids is 1. The van der Waals surface area contributed by atoms with Gasteiger partial charge in [0.05, 0.1) is 11.5 Å². The second-order valence-electron chi connectivity index (χ2n) is 9.05. The summed E-state index contributed by atoms with van der Waals surface area (Å²) >= 11 is 0. The highest BCUT2D eigenvalue weighted by atomic mass is 19.1. The Morgan fingerprint density at radius 2 is 1.93 bits per heavy atom. The van der Waals surface area contributed by atoms with Crippen LogP contribution in [0.25, 0.3) is 0 Å². The Morgan fingerprint density at radius 1 is 1.18 bits per heavy atom. The van der Waals surface area contributed by atoms with Crippen LogP contribution in [0.4, 0.5) is 9.18 Å². The third kappa shape index (κ3) is 5.67. The van der Waals surface area contributed by atoms with E-state index in [9.17, 15) is 43.6 Å². The number of halogens is 1. The van der Waals surface area contributed by atoms with Crippen molar-refractivity contribution in [2.45, 2.75) is 18.4 Å². The van der Waals surface area contributed by atoms with Gasteiger partial charge in [0.15, 0.2) is 0 Å². The van der Waals surface area contributed by atoms with Crippen molar-refractivity contribution >= 4 is 36.8 Å². The SMILES string of the molecule is NCCN1CCN(C(=O)NC(C(=O)NC2Cc3cccc(C(=O)O)c3OB2O)c2ccc(O)cc2F)C(=O)C1=O. The summed E-state index contributed by atoms with van der Waals surface area (Å²) in [6.45, 7) is 0.00270. The fourth-order valence-electron chi connectivity index (χ4n) is 4.46. The zero-order chi connectivity index (χ0) is 29.1. The number of piperazine rings is 1. The molecule has 2 aliphatic heterocycles. The molecular weight excluding hydrogens is 532 g/mol. The molecule has 40 heavy (non-hydrogen) atoms. The molecule has 0 bridgehead atoms. The first-order chi connectivity index (χ1) is 19.0. The van der Waals surface area contributed by atoms with Gasteiger partial charge in [0.1, 0.15) is 23.4 Å². The number of phenols is 1. The molecule has 0 saturated carbocycles. The second kappa shape index (κ2) is 11.6. The molecule has 2 aliphatic rings. The molecule has 2 aromatic rings. The number of nitrogens with two attached hydrogens (primary N) is 1. The summed E-state index contributed by atoms with van der Waals surface area (Å²) in [7, 11) is -1.70. The van der Waals surface area contributed by atoms with E-state index in [4.69, 9.17) is 10.4 Å². The highest BCUT2D eigenvalue weighted by Gasteiger charge is 2.41. The Morgan fingerprint density at radius 3 is 2.60 bits per heavy atom. The number of phenolic OH excluding ortho intramolecular Hbond substituents is 1. The van der Waals surface area contributed by atoms with E-state index in [2.05, 4.69) is 10.6 Å². The van der Waals surface area contributed by atoms with Crippen molar-refractivity contribution in [2.75, 3.05) is 26.2 Å². The van der Waals surface area contributed by atoms with E-state index in [1.54, 1.807) is 6.07 Å². The van der Waals surface area contributed by atoms with Gasteiger partial charge in [-0.1, -0.05) is 12.1 Å². The summed E-state index contributed by atoms with van der Waals surface area (Å²) in [5.41, 5.74) is 5.23. The lowest BCUT2D eigenvalue weighted by Gasteiger charge is -2.33. The Labute approximate surface area is 226 Å². The number of hydrogen-bond acceptors (Lipinski definition) is 9. The monoisotopic (exact) mass is 557 g/mol. The Balaban J connectivity index is 1.57. The molecule has 7 N–H and O–H groups in total. The van der Waals surface area contributed by atoms with Gasteiger partial charge < -0.3 is 41.2 Å². The summed E-state index contributed by atoms with van der Waals surface area (Å²) in [4.78, 5) is 64.5. The average Bonchev–Trinajstić information content (AvgIpc) is 2.90. The number of amides is 5. The summed E-state index contributed by atoms with van der Waals surface area (Å²) < 4.78 is 20.2. The number of fused-ring (bicyclic) bond motifs is 1. The molecule has 0 spiro atoms. The molecule has 16 heteroatoms. The molecule has 2 heterocycles. The van der Waals surface area contributed by atoms with Gasteiger partial charge in [-0.15, -0.1) is 0 Å². The van der Waals surface area contributed by atoms with Crippen molar-refractivity contribution in [3.63, 3.8) is 0 Å². The Hall–Kier alpha value is -4.70. The minimum Gasteiger partial charge on any atom is -0.534 e. The number of benzene rings is 2. The first-order valence-electron chi connectivity index (χ1n) is 12.1. The maximum absolute atomic E-state index is 14.8. The third-order valence-corrected chi connectivity index (χ3v) is 6.46. The molecule has 2 unspecified atom stereocenters. The van der Waals surface area contributed by atoms with Crippen molar-refractivity contribution in [3.05, 3.63) is 58.9 Å². The van der Waals surface area contributed by atoms with Crippen molar-refractivity contribution in [2.24, 2.45) is 5.73 Å². The fraction of sp³-hybridized carbons (Fsp3) is 0.292. The number of carboxylic acid groups (broad SMARTS) is 1. The number of nitrogens with zero attached hydrogens (tertiary/aromatic N) is 2.